The largest absolute Gasteiger partial charge is 0.490 e. The Hall–Kier alpha value is -3.25. The molecular formula is C27H30ClFN2O3. The van der Waals surface area contributed by atoms with Crippen LogP contribution < -0.4 is 20.1 Å². The maximum Gasteiger partial charge on any atom is 0.224 e. The van der Waals surface area contributed by atoms with Crippen molar-refractivity contribution in [3.8, 4) is 11.5 Å². The van der Waals surface area contributed by atoms with Gasteiger partial charge in [-0.25, -0.2) is 4.39 Å². The number of ether oxygens (including phenoxy) is 2. The number of carbonyl (C=O) groups is 1. The summed E-state index contributed by atoms with van der Waals surface area (Å²) >= 11 is 6.51. The van der Waals surface area contributed by atoms with E-state index in [0.29, 0.717) is 47.6 Å². The van der Waals surface area contributed by atoms with Crippen molar-refractivity contribution in [2.75, 3.05) is 17.2 Å². The maximum absolute atomic E-state index is 13.9. The van der Waals surface area contributed by atoms with Crippen molar-refractivity contribution in [2.24, 2.45) is 5.92 Å². The predicted molar refractivity (Wildman–Crippen MR) is 135 cm³/mol. The summed E-state index contributed by atoms with van der Waals surface area (Å²) in [5.41, 5.74) is 2.92. The molecule has 0 atom stereocenters. The number of anilines is 2. The smallest absolute Gasteiger partial charge is 0.224 e. The van der Waals surface area contributed by atoms with Crippen molar-refractivity contribution in [1.29, 1.82) is 0 Å². The molecule has 3 aromatic rings. The molecule has 2 N–H and O–H groups in total. The topological polar surface area (TPSA) is 59.6 Å². The van der Waals surface area contributed by atoms with E-state index < -0.39 is 0 Å². The molecule has 0 radical (unpaired) electrons. The Labute approximate surface area is 205 Å². The van der Waals surface area contributed by atoms with Crippen molar-refractivity contribution in [3.05, 3.63) is 82.6 Å². The molecule has 180 valence electrons. The Morgan fingerprint density at radius 2 is 1.79 bits per heavy atom. The van der Waals surface area contributed by atoms with Gasteiger partial charge < -0.3 is 20.1 Å². The lowest BCUT2D eigenvalue weighted by Crippen LogP contribution is -2.13. The second-order valence-electron chi connectivity index (χ2n) is 8.30. The summed E-state index contributed by atoms with van der Waals surface area (Å²) in [6, 6.07) is 17.6. The van der Waals surface area contributed by atoms with Crippen LogP contribution >= 0.6 is 11.6 Å². The molecule has 7 heteroatoms. The molecule has 0 unspecified atom stereocenters. The summed E-state index contributed by atoms with van der Waals surface area (Å²) in [6.07, 6.45) is 0.474. The van der Waals surface area contributed by atoms with Gasteiger partial charge in [0.1, 0.15) is 12.4 Å². The van der Waals surface area contributed by atoms with Crippen molar-refractivity contribution >= 4 is 28.9 Å². The zero-order valence-electron chi connectivity index (χ0n) is 19.7. The van der Waals surface area contributed by atoms with E-state index in [1.165, 1.54) is 6.07 Å². The van der Waals surface area contributed by atoms with E-state index in [2.05, 4.69) is 10.6 Å². The SMILES string of the molecule is CCOc1cc(CNc2cccc(NC(=O)CC(C)C)c2)cc(Cl)c1OCc1ccccc1F. The van der Waals surface area contributed by atoms with Crippen LogP contribution in [0.15, 0.2) is 60.7 Å². The molecule has 0 heterocycles. The van der Waals surface area contributed by atoms with Crippen LogP contribution in [0.3, 0.4) is 0 Å². The molecule has 5 nitrogen and oxygen atoms in total. The summed E-state index contributed by atoms with van der Waals surface area (Å²) in [7, 11) is 0. The quantitative estimate of drug-likeness (QED) is 0.306. The number of hydrogen-bond donors (Lipinski definition) is 2. The summed E-state index contributed by atoms with van der Waals surface area (Å²) in [4.78, 5) is 12.1. The van der Waals surface area contributed by atoms with Crippen LogP contribution in [-0.2, 0) is 17.9 Å². The molecule has 3 rings (SSSR count). The Balaban J connectivity index is 1.69. The van der Waals surface area contributed by atoms with Crippen LogP contribution in [0, 0.1) is 11.7 Å². The highest BCUT2D eigenvalue weighted by molar-refractivity contribution is 6.32. The highest BCUT2D eigenvalue weighted by Crippen LogP contribution is 2.37. The molecule has 0 aliphatic carbocycles. The zero-order valence-corrected chi connectivity index (χ0v) is 20.4. The Morgan fingerprint density at radius 1 is 1.03 bits per heavy atom. The molecule has 0 spiro atoms. The first-order valence-corrected chi connectivity index (χ1v) is 11.7. The van der Waals surface area contributed by atoms with Crippen molar-refractivity contribution < 1.29 is 18.7 Å². The van der Waals surface area contributed by atoms with Crippen LogP contribution in [-0.4, -0.2) is 12.5 Å². The molecule has 34 heavy (non-hydrogen) atoms. The standard InChI is InChI=1S/C27H30ClFN2O3/c1-4-33-25-14-19(13-23(28)27(25)34-17-20-8-5-6-11-24(20)29)16-30-21-9-7-10-22(15-21)31-26(32)12-18(2)3/h5-11,13-15,18,30H,4,12,16-17H2,1-3H3,(H,31,32). The number of nitrogens with one attached hydrogen (secondary N) is 2. The molecular weight excluding hydrogens is 455 g/mol. The third-order valence-corrected chi connectivity index (χ3v) is 5.22. The Kier molecular flexibility index (Phi) is 9.16. The minimum absolute atomic E-state index is 0.00809. The van der Waals surface area contributed by atoms with Gasteiger partial charge in [0.15, 0.2) is 11.5 Å². The highest BCUT2D eigenvalue weighted by atomic mass is 35.5. The third-order valence-electron chi connectivity index (χ3n) is 4.94. The average molecular weight is 485 g/mol. The van der Waals surface area contributed by atoms with Gasteiger partial charge in [-0.2, -0.15) is 0 Å². The van der Waals surface area contributed by atoms with E-state index in [9.17, 15) is 9.18 Å². The van der Waals surface area contributed by atoms with Gasteiger partial charge >= 0.3 is 0 Å². The number of halogens is 2. The zero-order chi connectivity index (χ0) is 24.5. The number of rotatable bonds is 11. The lowest BCUT2D eigenvalue weighted by atomic mass is 10.1. The first-order valence-electron chi connectivity index (χ1n) is 11.3. The average Bonchev–Trinajstić information content (AvgIpc) is 2.78. The molecule has 1 amide bonds. The fourth-order valence-corrected chi connectivity index (χ4v) is 3.67. The highest BCUT2D eigenvalue weighted by Gasteiger charge is 2.14. The van der Waals surface area contributed by atoms with Gasteiger partial charge in [0, 0.05) is 29.9 Å². The molecule has 0 bridgehead atoms. The number of benzene rings is 3. The van der Waals surface area contributed by atoms with Crippen LogP contribution in [0.2, 0.25) is 5.02 Å². The van der Waals surface area contributed by atoms with E-state index in [0.717, 1.165) is 16.9 Å². The van der Waals surface area contributed by atoms with Gasteiger partial charge in [0.2, 0.25) is 5.91 Å². The van der Waals surface area contributed by atoms with Crippen LogP contribution in [0.1, 0.15) is 38.3 Å². The fraction of sp³-hybridized carbons (Fsp3) is 0.296. The maximum atomic E-state index is 13.9. The van der Waals surface area contributed by atoms with Crippen molar-refractivity contribution in [2.45, 2.75) is 40.3 Å². The molecule has 3 aromatic carbocycles. The number of carbonyl (C=O) groups excluding carboxylic acids is 1. The molecule has 0 saturated carbocycles. The van der Waals surface area contributed by atoms with E-state index in [1.807, 2.05) is 51.1 Å². The van der Waals surface area contributed by atoms with E-state index in [-0.39, 0.29) is 18.3 Å². The monoisotopic (exact) mass is 484 g/mol. The lowest BCUT2D eigenvalue weighted by Gasteiger charge is -2.16. The molecule has 0 fully saturated rings. The van der Waals surface area contributed by atoms with Crippen LogP contribution in [0.25, 0.3) is 0 Å². The summed E-state index contributed by atoms with van der Waals surface area (Å²) in [5.74, 6) is 0.832. The predicted octanol–water partition coefficient (Wildman–Crippen LogP) is 7.05. The van der Waals surface area contributed by atoms with Gasteiger partial charge in [-0.1, -0.05) is 49.7 Å². The van der Waals surface area contributed by atoms with Gasteiger partial charge in [-0.3, -0.25) is 4.79 Å². The first kappa shape index (κ1) is 25.4. The summed E-state index contributed by atoms with van der Waals surface area (Å²) in [5, 5.41) is 6.65. The summed E-state index contributed by atoms with van der Waals surface area (Å²) in [6.45, 7) is 6.85. The van der Waals surface area contributed by atoms with Crippen LogP contribution in [0.5, 0.6) is 11.5 Å². The van der Waals surface area contributed by atoms with Gasteiger partial charge in [-0.15, -0.1) is 0 Å². The van der Waals surface area contributed by atoms with Crippen molar-refractivity contribution in [1.82, 2.24) is 0 Å². The summed E-state index contributed by atoms with van der Waals surface area (Å²) < 4.78 is 25.5. The molecule has 0 aromatic heterocycles. The van der Waals surface area contributed by atoms with Crippen LogP contribution in [0.4, 0.5) is 15.8 Å². The Morgan fingerprint density at radius 3 is 2.53 bits per heavy atom. The van der Waals surface area contributed by atoms with E-state index in [1.54, 1.807) is 24.3 Å². The number of amides is 1. The molecule has 0 aliphatic heterocycles. The van der Waals surface area contributed by atoms with Gasteiger partial charge in [0.25, 0.3) is 0 Å². The van der Waals surface area contributed by atoms with Gasteiger partial charge in [-0.05, 0) is 54.8 Å². The van der Waals surface area contributed by atoms with E-state index in [4.69, 9.17) is 21.1 Å². The molecule has 0 aliphatic rings. The minimum atomic E-state index is -0.333. The second-order valence-corrected chi connectivity index (χ2v) is 8.71. The lowest BCUT2D eigenvalue weighted by molar-refractivity contribution is -0.116. The number of hydrogen-bond acceptors (Lipinski definition) is 4. The second kappa shape index (κ2) is 12.3. The molecule has 0 saturated heterocycles. The minimum Gasteiger partial charge on any atom is -0.490 e. The normalized spacial score (nSPS) is 10.8. The van der Waals surface area contributed by atoms with Crippen molar-refractivity contribution in [3.63, 3.8) is 0 Å². The third kappa shape index (κ3) is 7.39. The first-order chi connectivity index (χ1) is 16.4. The Bertz CT molecular complexity index is 1120. The van der Waals surface area contributed by atoms with Gasteiger partial charge in [0.05, 0.1) is 11.6 Å². The van der Waals surface area contributed by atoms with E-state index >= 15 is 0 Å². The fourth-order valence-electron chi connectivity index (χ4n) is 3.39.